The van der Waals surface area contributed by atoms with Gasteiger partial charge in [-0.3, -0.25) is 4.98 Å². The summed E-state index contributed by atoms with van der Waals surface area (Å²) in [5.41, 5.74) is 3.35. The molecule has 100 valence electrons. The average molecular weight is 256 g/mol. The number of nitrogens with one attached hydrogen (secondary N) is 1. The van der Waals surface area contributed by atoms with Gasteiger partial charge in [0.15, 0.2) is 0 Å². The third-order valence-corrected chi connectivity index (χ3v) is 2.91. The largest absolute Gasteiger partial charge is 0.354 e. The SMILES string of the molecule is Cc1cc(C(C)C)nc(NCCc2ccncc2)n1. The van der Waals surface area contributed by atoms with E-state index in [1.165, 1.54) is 5.56 Å². The highest BCUT2D eigenvalue weighted by Crippen LogP contribution is 2.14. The van der Waals surface area contributed by atoms with E-state index in [4.69, 9.17) is 0 Å². The first-order valence-electron chi connectivity index (χ1n) is 6.63. The van der Waals surface area contributed by atoms with Crippen molar-refractivity contribution in [3.05, 3.63) is 47.5 Å². The van der Waals surface area contributed by atoms with Crippen LogP contribution in [0.3, 0.4) is 0 Å². The van der Waals surface area contributed by atoms with Gasteiger partial charge in [-0.15, -0.1) is 0 Å². The van der Waals surface area contributed by atoms with Gasteiger partial charge in [0, 0.05) is 30.3 Å². The Hall–Kier alpha value is -1.97. The van der Waals surface area contributed by atoms with Gasteiger partial charge in [0.25, 0.3) is 0 Å². The minimum atomic E-state index is 0.419. The molecule has 2 rings (SSSR count). The number of nitrogens with zero attached hydrogens (tertiary/aromatic N) is 3. The molecular formula is C15H20N4. The summed E-state index contributed by atoms with van der Waals surface area (Å²) in [6, 6.07) is 6.09. The normalized spacial score (nSPS) is 10.7. The Bertz CT molecular complexity index is 523. The molecule has 1 N–H and O–H groups in total. The molecule has 0 aliphatic carbocycles. The van der Waals surface area contributed by atoms with Crippen molar-refractivity contribution in [1.82, 2.24) is 15.0 Å². The van der Waals surface area contributed by atoms with Crippen molar-refractivity contribution < 1.29 is 0 Å². The molecule has 0 bridgehead atoms. The van der Waals surface area contributed by atoms with Crippen LogP contribution in [0.5, 0.6) is 0 Å². The molecule has 0 atom stereocenters. The van der Waals surface area contributed by atoms with E-state index < -0.39 is 0 Å². The zero-order valence-corrected chi connectivity index (χ0v) is 11.7. The zero-order chi connectivity index (χ0) is 13.7. The maximum Gasteiger partial charge on any atom is 0.223 e. The number of hydrogen-bond donors (Lipinski definition) is 1. The van der Waals surface area contributed by atoms with Crippen LogP contribution < -0.4 is 5.32 Å². The van der Waals surface area contributed by atoms with E-state index in [1.54, 1.807) is 0 Å². The summed E-state index contributed by atoms with van der Waals surface area (Å²) in [6.07, 6.45) is 4.57. The van der Waals surface area contributed by atoms with E-state index in [2.05, 4.69) is 34.1 Å². The Balaban J connectivity index is 1.96. The van der Waals surface area contributed by atoms with E-state index in [9.17, 15) is 0 Å². The fourth-order valence-corrected chi connectivity index (χ4v) is 1.84. The Kier molecular flexibility index (Phi) is 4.44. The molecular weight excluding hydrogens is 236 g/mol. The third-order valence-electron chi connectivity index (χ3n) is 2.91. The topological polar surface area (TPSA) is 50.7 Å². The zero-order valence-electron chi connectivity index (χ0n) is 11.7. The van der Waals surface area contributed by atoms with Gasteiger partial charge in [-0.25, -0.2) is 9.97 Å². The number of aromatic nitrogens is 3. The number of anilines is 1. The van der Waals surface area contributed by atoms with Crippen LogP contribution in [0.15, 0.2) is 30.6 Å². The maximum atomic E-state index is 4.53. The Morgan fingerprint density at radius 3 is 2.58 bits per heavy atom. The van der Waals surface area contributed by atoms with Crippen LogP contribution in [0, 0.1) is 6.92 Å². The van der Waals surface area contributed by atoms with Gasteiger partial charge in [0.1, 0.15) is 0 Å². The summed E-state index contributed by atoms with van der Waals surface area (Å²) in [6.45, 7) is 7.11. The van der Waals surface area contributed by atoms with E-state index in [1.807, 2.05) is 37.5 Å². The van der Waals surface area contributed by atoms with Crippen molar-refractivity contribution in [3.8, 4) is 0 Å². The summed E-state index contributed by atoms with van der Waals surface area (Å²) >= 11 is 0. The van der Waals surface area contributed by atoms with Gasteiger partial charge in [-0.05, 0) is 43.0 Å². The Morgan fingerprint density at radius 2 is 1.89 bits per heavy atom. The summed E-state index contributed by atoms with van der Waals surface area (Å²) in [4.78, 5) is 13.0. The van der Waals surface area contributed by atoms with Crippen LogP contribution in [0.25, 0.3) is 0 Å². The number of rotatable bonds is 5. The molecule has 0 radical (unpaired) electrons. The molecule has 19 heavy (non-hydrogen) atoms. The Morgan fingerprint density at radius 1 is 1.16 bits per heavy atom. The van der Waals surface area contributed by atoms with Crippen molar-refractivity contribution in [2.45, 2.75) is 33.1 Å². The molecule has 0 aromatic carbocycles. The standard InChI is InChI=1S/C15H20N4/c1-11(2)14-10-12(3)18-15(19-14)17-9-6-13-4-7-16-8-5-13/h4-5,7-8,10-11H,6,9H2,1-3H3,(H,17,18,19). The summed E-state index contributed by atoms with van der Waals surface area (Å²) < 4.78 is 0. The fraction of sp³-hybridized carbons (Fsp3) is 0.400. The molecule has 2 heterocycles. The van der Waals surface area contributed by atoms with Gasteiger partial charge in [0.2, 0.25) is 5.95 Å². The fourth-order valence-electron chi connectivity index (χ4n) is 1.84. The van der Waals surface area contributed by atoms with Crippen LogP contribution in [-0.2, 0) is 6.42 Å². The van der Waals surface area contributed by atoms with Gasteiger partial charge < -0.3 is 5.32 Å². The predicted octanol–water partition coefficient (Wildman–Crippen LogP) is 2.96. The molecule has 0 aliphatic rings. The molecule has 0 spiro atoms. The van der Waals surface area contributed by atoms with Crippen molar-refractivity contribution >= 4 is 5.95 Å². The van der Waals surface area contributed by atoms with Crippen LogP contribution >= 0.6 is 0 Å². The molecule has 2 aromatic rings. The van der Waals surface area contributed by atoms with Crippen LogP contribution in [0.1, 0.15) is 36.7 Å². The van der Waals surface area contributed by atoms with Crippen molar-refractivity contribution in [1.29, 1.82) is 0 Å². The molecule has 0 aliphatic heterocycles. The van der Waals surface area contributed by atoms with Crippen LogP contribution in [-0.4, -0.2) is 21.5 Å². The monoisotopic (exact) mass is 256 g/mol. The van der Waals surface area contributed by atoms with Crippen molar-refractivity contribution in [3.63, 3.8) is 0 Å². The highest BCUT2D eigenvalue weighted by atomic mass is 15.1. The van der Waals surface area contributed by atoms with E-state index in [0.29, 0.717) is 5.92 Å². The predicted molar refractivity (Wildman–Crippen MR) is 77.3 cm³/mol. The van der Waals surface area contributed by atoms with Crippen LogP contribution in [0.2, 0.25) is 0 Å². The van der Waals surface area contributed by atoms with Gasteiger partial charge >= 0.3 is 0 Å². The number of aryl methyl sites for hydroxylation is 1. The molecule has 4 nitrogen and oxygen atoms in total. The lowest BCUT2D eigenvalue weighted by Crippen LogP contribution is -2.10. The van der Waals surface area contributed by atoms with Gasteiger partial charge in [0.05, 0.1) is 0 Å². The minimum absolute atomic E-state index is 0.419. The molecule has 0 fully saturated rings. The van der Waals surface area contributed by atoms with Crippen LogP contribution in [0.4, 0.5) is 5.95 Å². The lowest BCUT2D eigenvalue weighted by Gasteiger charge is -2.10. The highest BCUT2D eigenvalue weighted by Gasteiger charge is 2.05. The summed E-state index contributed by atoms with van der Waals surface area (Å²) in [5.74, 6) is 1.14. The number of hydrogen-bond acceptors (Lipinski definition) is 4. The minimum Gasteiger partial charge on any atom is -0.354 e. The number of pyridine rings is 1. The quantitative estimate of drug-likeness (QED) is 0.893. The summed E-state index contributed by atoms with van der Waals surface area (Å²) in [5, 5.41) is 3.29. The van der Waals surface area contributed by atoms with E-state index in [0.717, 1.165) is 30.3 Å². The molecule has 0 amide bonds. The van der Waals surface area contributed by atoms with Crippen molar-refractivity contribution in [2.75, 3.05) is 11.9 Å². The molecule has 0 unspecified atom stereocenters. The van der Waals surface area contributed by atoms with E-state index in [-0.39, 0.29) is 0 Å². The smallest absolute Gasteiger partial charge is 0.223 e. The highest BCUT2D eigenvalue weighted by molar-refractivity contribution is 5.29. The summed E-state index contributed by atoms with van der Waals surface area (Å²) in [7, 11) is 0. The second kappa shape index (κ2) is 6.27. The lowest BCUT2D eigenvalue weighted by molar-refractivity contribution is 0.807. The van der Waals surface area contributed by atoms with Gasteiger partial charge in [-0.1, -0.05) is 13.8 Å². The second-order valence-electron chi connectivity index (χ2n) is 4.94. The molecule has 0 saturated carbocycles. The lowest BCUT2D eigenvalue weighted by atomic mass is 10.1. The third kappa shape index (κ3) is 4.02. The first-order chi connectivity index (χ1) is 9.15. The molecule has 4 heteroatoms. The first-order valence-corrected chi connectivity index (χ1v) is 6.63. The maximum absolute atomic E-state index is 4.53. The average Bonchev–Trinajstić information content (AvgIpc) is 2.39. The Labute approximate surface area is 114 Å². The molecule has 0 saturated heterocycles. The van der Waals surface area contributed by atoms with Crippen molar-refractivity contribution in [2.24, 2.45) is 0 Å². The van der Waals surface area contributed by atoms with E-state index >= 15 is 0 Å². The van der Waals surface area contributed by atoms with Gasteiger partial charge in [-0.2, -0.15) is 0 Å². The second-order valence-corrected chi connectivity index (χ2v) is 4.94. The first kappa shape index (κ1) is 13.5. The molecule has 2 aromatic heterocycles.